The molecule has 8 heteroatoms. The lowest BCUT2D eigenvalue weighted by atomic mass is 10.6. The monoisotopic (exact) mass is 267 g/mol. The highest BCUT2D eigenvalue weighted by Crippen LogP contribution is 2.13. The van der Waals surface area contributed by atoms with Crippen LogP contribution in [0, 0.1) is 0 Å². The van der Waals surface area contributed by atoms with Gasteiger partial charge in [0, 0.05) is 17.4 Å². The molecule has 0 bridgehead atoms. The first-order chi connectivity index (χ1) is 7.22. The normalized spacial score (nSPS) is 12.1. The first kappa shape index (κ1) is 14.8. The molecular formula is C8H13NO5S2. The standard InChI is InChI=1S/C8H13NO5S2/c1-4-9-7(10)8(15(11,12)5-2)16(13,14)6-3/h5-6,8H,2-4H2,1H3,(H,9,10). The lowest BCUT2D eigenvalue weighted by Crippen LogP contribution is -2.43. The summed E-state index contributed by atoms with van der Waals surface area (Å²) in [7, 11) is -8.52. The van der Waals surface area contributed by atoms with E-state index < -0.39 is 30.2 Å². The highest BCUT2D eigenvalue weighted by molar-refractivity contribution is 8.12. The molecule has 0 spiro atoms. The molecule has 0 rings (SSSR count). The summed E-state index contributed by atoms with van der Waals surface area (Å²) < 4.78 is 43.4. The number of rotatable bonds is 6. The van der Waals surface area contributed by atoms with Gasteiger partial charge in [-0.2, -0.15) is 0 Å². The van der Waals surface area contributed by atoms with Gasteiger partial charge in [0.1, 0.15) is 0 Å². The largest absolute Gasteiger partial charge is 0.354 e. The minimum atomic E-state index is -4.26. The quantitative estimate of drug-likeness (QED) is 0.704. The van der Waals surface area contributed by atoms with Crippen LogP contribution in [-0.4, -0.2) is 33.9 Å². The molecule has 0 fully saturated rings. The Balaban J connectivity index is 5.69. The Morgan fingerprint density at radius 1 is 1.19 bits per heavy atom. The fourth-order valence-corrected chi connectivity index (χ4v) is 4.00. The van der Waals surface area contributed by atoms with E-state index in [0.717, 1.165) is 0 Å². The van der Waals surface area contributed by atoms with E-state index in [-0.39, 0.29) is 6.54 Å². The van der Waals surface area contributed by atoms with Gasteiger partial charge in [0.2, 0.25) is 4.58 Å². The number of carbonyl (C=O) groups is 1. The number of hydrogen-bond donors (Lipinski definition) is 1. The van der Waals surface area contributed by atoms with E-state index in [1.807, 2.05) is 0 Å². The summed E-state index contributed by atoms with van der Waals surface area (Å²) in [6, 6.07) is 0. The minimum absolute atomic E-state index is 0.120. The van der Waals surface area contributed by atoms with Crippen LogP contribution in [0.2, 0.25) is 0 Å². The van der Waals surface area contributed by atoms with Gasteiger partial charge in [0.05, 0.1) is 0 Å². The minimum Gasteiger partial charge on any atom is -0.354 e. The summed E-state index contributed by atoms with van der Waals surface area (Å²) >= 11 is 0. The summed E-state index contributed by atoms with van der Waals surface area (Å²) in [5.41, 5.74) is 0. The molecule has 0 saturated heterocycles. The van der Waals surface area contributed by atoms with Crippen molar-refractivity contribution in [3.05, 3.63) is 24.0 Å². The van der Waals surface area contributed by atoms with Crippen molar-refractivity contribution in [1.82, 2.24) is 5.32 Å². The zero-order valence-corrected chi connectivity index (χ0v) is 10.3. The fraction of sp³-hybridized carbons (Fsp3) is 0.375. The smallest absolute Gasteiger partial charge is 0.254 e. The van der Waals surface area contributed by atoms with Crippen molar-refractivity contribution in [1.29, 1.82) is 0 Å². The third kappa shape index (κ3) is 3.17. The number of amides is 1. The molecule has 1 N–H and O–H groups in total. The third-order valence-corrected chi connectivity index (χ3v) is 5.79. The molecule has 0 aliphatic heterocycles. The molecule has 6 nitrogen and oxygen atoms in total. The Hall–Kier alpha value is -1.15. The second-order valence-electron chi connectivity index (χ2n) is 2.74. The van der Waals surface area contributed by atoms with Gasteiger partial charge < -0.3 is 5.32 Å². The van der Waals surface area contributed by atoms with Gasteiger partial charge in [0.25, 0.3) is 5.91 Å². The van der Waals surface area contributed by atoms with Gasteiger partial charge in [0.15, 0.2) is 19.7 Å². The Morgan fingerprint density at radius 2 is 1.56 bits per heavy atom. The lowest BCUT2D eigenvalue weighted by Gasteiger charge is -2.12. The maximum Gasteiger partial charge on any atom is 0.254 e. The summed E-state index contributed by atoms with van der Waals surface area (Å²) in [6.07, 6.45) is 0. The van der Waals surface area contributed by atoms with Crippen molar-refractivity contribution >= 4 is 25.6 Å². The molecule has 0 radical (unpaired) electrons. The van der Waals surface area contributed by atoms with Crippen LogP contribution in [0.15, 0.2) is 24.0 Å². The van der Waals surface area contributed by atoms with Crippen molar-refractivity contribution in [2.45, 2.75) is 11.5 Å². The molecule has 0 aliphatic rings. The van der Waals surface area contributed by atoms with Crippen molar-refractivity contribution in [2.24, 2.45) is 0 Å². The average molecular weight is 267 g/mol. The highest BCUT2D eigenvalue weighted by atomic mass is 32.3. The number of sulfone groups is 2. The number of nitrogens with one attached hydrogen (secondary N) is 1. The van der Waals surface area contributed by atoms with Gasteiger partial charge in [-0.15, -0.1) is 0 Å². The predicted molar refractivity (Wildman–Crippen MR) is 60.7 cm³/mol. The number of hydrogen-bond acceptors (Lipinski definition) is 5. The Labute approximate surface area is 94.9 Å². The molecular weight excluding hydrogens is 254 g/mol. The van der Waals surface area contributed by atoms with Crippen molar-refractivity contribution in [3.63, 3.8) is 0 Å². The summed E-state index contributed by atoms with van der Waals surface area (Å²) in [4.78, 5) is 11.4. The first-order valence-corrected chi connectivity index (χ1v) is 7.45. The molecule has 1 amide bonds. The SMILES string of the molecule is C=CS(=O)(=O)C(C(=O)NCC)S(=O)(=O)C=C. The van der Waals surface area contributed by atoms with E-state index in [2.05, 4.69) is 18.5 Å². The Bertz CT molecular complexity index is 451. The molecule has 0 unspecified atom stereocenters. The van der Waals surface area contributed by atoms with Crippen LogP contribution in [0.3, 0.4) is 0 Å². The molecule has 0 heterocycles. The maximum atomic E-state index is 11.4. The molecule has 0 atom stereocenters. The van der Waals surface area contributed by atoms with Crippen LogP contribution in [0.5, 0.6) is 0 Å². The lowest BCUT2D eigenvalue weighted by molar-refractivity contribution is -0.119. The Morgan fingerprint density at radius 3 is 1.81 bits per heavy atom. The van der Waals surface area contributed by atoms with Crippen LogP contribution in [-0.2, 0) is 24.5 Å². The van der Waals surface area contributed by atoms with Crippen LogP contribution in [0.4, 0.5) is 0 Å². The molecule has 92 valence electrons. The third-order valence-electron chi connectivity index (χ3n) is 1.63. The first-order valence-electron chi connectivity index (χ1n) is 4.23. The molecule has 0 aliphatic carbocycles. The zero-order chi connectivity index (χ0) is 13.0. The van der Waals surface area contributed by atoms with E-state index >= 15 is 0 Å². The summed E-state index contributed by atoms with van der Waals surface area (Å²) in [5, 5.41) is 3.01. The van der Waals surface area contributed by atoms with Crippen LogP contribution >= 0.6 is 0 Å². The second-order valence-corrected chi connectivity index (χ2v) is 7.00. The molecule has 16 heavy (non-hydrogen) atoms. The van der Waals surface area contributed by atoms with Gasteiger partial charge in [-0.05, 0) is 6.92 Å². The average Bonchev–Trinajstić information content (AvgIpc) is 2.17. The van der Waals surface area contributed by atoms with E-state index in [4.69, 9.17) is 0 Å². The highest BCUT2D eigenvalue weighted by Gasteiger charge is 2.40. The van der Waals surface area contributed by atoms with Gasteiger partial charge in [-0.25, -0.2) is 16.8 Å². The molecule has 0 aromatic carbocycles. The molecule has 0 aromatic heterocycles. The predicted octanol–water partition coefficient (Wildman–Crippen LogP) is -0.435. The topological polar surface area (TPSA) is 97.4 Å². The van der Waals surface area contributed by atoms with Crippen LogP contribution in [0.1, 0.15) is 6.92 Å². The molecule has 0 saturated carbocycles. The van der Waals surface area contributed by atoms with E-state index in [9.17, 15) is 21.6 Å². The Kier molecular flexibility index (Phi) is 4.88. The van der Waals surface area contributed by atoms with Crippen LogP contribution in [0.25, 0.3) is 0 Å². The molecule has 0 aromatic rings. The van der Waals surface area contributed by atoms with Crippen LogP contribution < -0.4 is 5.32 Å². The van der Waals surface area contributed by atoms with Gasteiger partial charge in [-0.3, -0.25) is 4.79 Å². The van der Waals surface area contributed by atoms with E-state index in [1.54, 1.807) is 0 Å². The number of carbonyl (C=O) groups excluding carboxylic acids is 1. The van der Waals surface area contributed by atoms with Crippen molar-refractivity contribution < 1.29 is 21.6 Å². The summed E-state index contributed by atoms with van der Waals surface area (Å²) in [5.74, 6) is -1.11. The summed E-state index contributed by atoms with van der Waals surface area (Å²) in [6.45, 7) is 7.61. The van der Waals surface area contributed by atoms with Gasteiger partial charge >= 0.3 is 0 Å². The van der Waals surface area contributed by atoms with Crippen molar-refractivity contribution in [2.75, 3.05) is 6.54 Å². The fourth-order valence-electron chi connectivity index (χ4n) is 0.918. The van der Waals surface area contributed by atoms with E-state index in [0.29, 0.717) is 10.8 Å². The van der Waals surface area contributed by atoms with Gasteiger partial charge in [-0.1, -0.05) is 13.2 Å². The maximum absolute atomic E-state index is 11.4. The van der Waals surface area contributed by atoms with E-state index in [1.165, 1.54) is 6.92 Å². The zero-order valence-electron chi connectivity index (χ0n) is 8.71. The van der Waals surface area contributed by atoms with Crippen molar-refractivity contribution in [3.8, 4) is 0 Å². The second kappa shape index (κ2) is 5.26.